The number of hydrogen-bond donors (Lipinski definition) is 2. The molecule has 0 aromatic rings. The maximum Gasteiger partial charge on any atom is 0.0872 e. The summed E-state index contributed by atoms with van der Waals surface area (Å²) in [7, 11) is 0. The molecule has 0 aromatic heterocycles. The predicted molar refractivity (Wildman–Crippen MR) is 59.1 cm³/mol. The molecule has 1 rings (SSSR count). The van der Waals surface area contributed by atoms with Gasteiger partial charge in [0.1, 0.15) is 0 Å². The maximum absolute atomic E-state index is 9.70. The molecule has 0 bridgehead atoms. The van der Waals surface area contributed by atoms with E-state index in [1.54, 1.807) is 0 Å². The van der Waals surface area contributed by atoms with Crippen molar-refractivity contribution in [3.05, 3.63) is 0 Å². The molecule has 3 N–H and O–H groups in total. The second kappa shape index (κ2) is 3.47. The molecule has 14 heavy (non-hydrogen) atoms. The Kier molecular flexibility index (Phi) is 2.96. The van der Waals surface area contributed by atoms with Crippen molar-refractivity contribution in [3.8, 4) is 0 Å². The van der Waals surface area contributed by atoms with Crippen LogP contribution in [0.1, 0.15) is 34.6 Å². The van der Waals surface area contributed by atoms with Crippen molar-refractivity contribution in [1.82, 2.24) is 4.90 Å². The largest absolute Gasteiger partial charge is 0.388 e. The van der Waals surface area contributed by atoms with E-state index in [1.807, 2.05) is 13.8 Å². The second-order valence-corrected chi connectivity index (χ2v) is 6.07. The summed E-state index contributed by atoms with van der Waals surface area (Å²) in [6.07, 6.45) is 0. The molecule has 1 aliphatic rings. The summed E-state index contributed by atoms with van der Waals surface area (Å²) >= 11 is 0. The van der Waals surface area contributed by atoms with E-state index in [-0.39, 0.29) is 11.5 Å². The highest BCUT2D eigenvalue weighted by atomic mass is 16.3. The van der Waals surface area contributed by atoms with Gasteiger partial charge in [-0.1, -0.05) is 20.8 Å². The van der Waals surface area contributed by atoms with Gasteiger partial charge in [0.25, 0.3) is 0 Å². The fraction of sp³-hybridized carbons (Fsp3) is 1.00. The quantitative estimate of drug-likeness (QED) is 0.693. The van der Waals surface area contributed by atoms with Gasteiger partial charge in [0, 0.05) is 25.2 Å². The molecule has 1 aliphatic heterocycles. The maximum atomic E-state index is 9.70. The van der Waals surface area contributed by atoms with E-state index in [2.05, 4.69) is 25.7 Å². The molecule has 1 saturated heterocycles. The molecule has 1 heterocycles. The minimum atomic E-state index is -0.502. The van der Waals surface area contributed by atoms with E-state index in [1.165, 1.54) is 0 Å². The molecule has 0 amide bonds. The van der Waals surface area contributed by atoms with E-state index in [9.17, 15) is 5.11 Å². The summed E-state index contributed by atoms with van der Waals surface area (Å²) in [6, 6.07) is 0.494. The summed E-state index contributed by atoms with van der Waals surface area (Å²) in [4.78, 5) is 2.28. The van der Waals surface area contributed by atoms with Crippen LogP contribution in [-0.2, 0) is 0 Å². The van der Waals surface area contributed by atoms with E-state index >= 15 is 0 Å². The van der Waals surface area contributed by atoms with Crippen molar-refractivity contribution in [1.29, 1.82) is 0 Å². The van der Waals surface area contributed by atoms with Crippen LogP contribution in [0.2, 0.25) is 0 Å². The summed E-state index contributed by atoms with van der Waals surface area (Å²) in [6.45, 7) is 12.0. The Balaban J connectivity index is 2.64. The molecule has 0 radical (unpaired) electrons. The number of aliphatic hydroxyl groups is 1. The number of hydrogen-bond acceptors (Lipinski definition) is 3. The first-order valence-electron chi connectivity index (χ1n) is 5.35. The molecular formula is C11H24N2O. The Morgan fingerprint density at radius 3 is 2.00 bits per heavy atom. The smallest absolute Gasteiger partial charge is 0.0872 e. The third kappa shape index (κ3) is 2.47. The monoisotopic (exact) mass is 200 g/mol. The number of β-amino-alcohol motifs (C(OH)–C–C–N with tert-alkyl or cyclic N) is 1. The zero-order chi connectivity index (χ0) is 11.1. The van der Waals surface area contributed by atoms with Crippen LogP contribution in [0.3, 0.4) is 0 Å². The van der Waals surface area contributed by atoms with Crippen LogP contribution < -0.4 is 5.73 Å². The van der Waals surface area contributed by atoms with Crippen LogP contribution >= 0.6 is 0 Å². The van der Waals surface area contributed by atoms with Crippen LogP contribution in [0, 0.1) is 5.41 Å². The Morgan fingerprint density at radius 1 is 1.36 bits per heavy atom. The van der Waals surface area contributed by atoms with Gasteiger partial charge >= 0.3 is 0 Å². The van der Waals surface area contributed by atoms with E-state index in [0.717, 1.165) is 13.1 Å². The highest BCUT2D eigenvalue weighted by Crippen LogP contribution is 2.32. The fourth-order valence-electron chi connectivity index (χ4n) is 2.69. The Bertz CT molecular complexity index is 198. The minimum Gasteiger partial charge on any atom is -0.388 e. The number of rotatable bonds is 2. The molecule has 0 aromatic carbocycles. The van der Waals surface area contributed by atoms with Gasteiger partial charge in [-0.3, -0.25) is 4.90 Å². The van der Waals surface area contributed by atoms with Gasteiger partial charge in [-0.05, 0) is 19.3 Å². The van der Waals surface area contributed by atoms with Crippen LogP contribution in [-0.4, -0.2) is 40.8 Å². The summed E-state index contributed by atoms with van der Waals surface area (Å²) < 4.78 is 0. The van der Waals surface area contributed by atoms with E-state index in [4.69, 9.17) is 5.73 Å². The average molecular weight is 200 g/mol. The SMILES string of the molecule is CC(N)C(N1CC(C)(O)C1)C(C)(C)C. The van der Waals surface area contributed by atoms with E-state index in [0.29, 0.717) is 6.04 Å². The van der Waals surface area contributed by atoms with Crippen LogP contribution in [0.25, 0.3) is 0 Å². The first-order valence-corrected chi connectivity index (χ1v) is 5.35. The average Bonchev–Trinajstić information content (AvgIpc) is 1.77. The normalized spacial score (nSPS) is 26.8. The molecular weight excluding hydrogens is 176 g/mol. The van der Waals surface area contributed by atoms with Gasteiger partial charge in [-0.25, -0.2) is 0 Å². The highest BCUT2D eigenvalue weighted by molar-refractivity contribution is 5.00. The number of nitrogens with zero attached hydrogens (tertiary/aromatic N) is 1. The topological polar surface area (TPSA) is 49.5 Å². The van der Waals surface area contributed by atoms with Gasteiger partial charge in [0.05, 0.1) is 5.60 Å². The zero-order valence-electron chi connectivity index (χ0n) is 10.0. The van der Waals surface area contributed by atoms with Crippen molar-refractivity contribution >= 4 is 0 Å². The Morgan fingerprint density at radius 2 is 1.79 bits per heavy atom. The molecule has 1 fully saturated rings. The van der Waals surface area contributed by atoms with Crippen LogP contribution in [0.15, 0.2) is 0 Å². The van der Waals surface area contributed by atoms with Crippen molar-refractivity contribution in [2.24, 2.45) is 11.1 Å². The first-order chi connectivity index (χ1) is 6.13. The van der Waals surface area contributed by atoms with Crippen molar-refractivity contribution in [2.75, 3.05) is 13.1 Å². The molecule has 2 unspecified atom stereocenters. The molecule has 2 atom stereocenters. The lowest BCUT2D eigenvalue weighted by Crippen LogP contribution is -2.68. The lowest BCUT2D eigenvalue weighted by atomic mass is 9.78. The Hall–Kier alpha value is -0.120. The molecule has 3 heteroatoms. The minimum absolute atomic E-state index is 0.145. The summed E-state index contributed by atoms with van der Waals surface area (Å²) in [5, 5.41) is 9.70. The number of likely N-dealkylation sites (tertiary alicyclic amines) is 1. The second-order valence-electron chi connectivity index (χ2n) is 6.07. The molecule has 0 spiro atoms. The predicted octanol–water partition coefficient (Wildman–Crippen LogP) is 0.815. The molecule has 3 nitrogen and oxygen atoms in total. The van der Waals surface area contributed by atoms with Gasteiger partial charge < -0.3 is 10.8 Å². The third-order valence-corrected chi connectivity index (χ3v) is 2.87. The van der Waals surface area contributed by atoms with Crippen LogP contribution in [0.4, 0.5) is 0 Å². The highest BCUT2D eigenvalue weighted by Gasteiger charge is 2.44. The summed E-state index contributed by atoms with van der Waals surface area (Å²) in [5.74, 6) is 0. The number of nitrogens with two attached hydrogens (primary N) is 1. The van der Waals surface area contributed by atoms with Gasteiger partial charge in [0.2, 0.25) is 0 Å². The molecule has 0 saturated carbocycles. The van der Waals surface area contributed by atoms with Crippen LogP contribution in [0.5, 0.6) is 0 Å². The molecule has 84 valence electrons. The van der Waals surface area contributed by atoms with E-state index < -0.39 is 5.60 Å². The Labute approximate surface area is 87.3 Å². The first kappa shape index (κ1) is 12.0. The molecule has 0 aliphatic carbocycles. The summed E-state index contributed by atoms with van der Waals surface area (Å²) in [5.41, 5.74) is 5.67. The van der Waals surface area contributed by atoms with Gasteiger partial charge in [-0.2, -0.15) is 0 Å². The fourth-order valence-corrected chi connectivity index (χ4v) is 2.69. The van der Waals surface area contributed by atoms with Crippen molar-refractivity contribution in [3.63, 3.8) is 0 Å². The van der Waals surface area contributed by atoms with Crippen molar-refractivity contribution in [2.45, 2.75) is 52.3 Å². The van der Waals surface area contributed by atoms with Gasteiger partial charge in [-0.15, -0.1) is 0 Å². The standard InChI is InChI=1S/C11H24N2O/c1-8(12)9(10(2,3)4)13-6-11(5,14)7-13/h8-9,14H,6-7,12H2,1-5H3. The van der Waals surface area contributed by atoms with Gasteiger partial charge in [0.15, 0.2) is 0 Å². The van der Waals surface area contributed by atoms with Crippen molar-refractivity contribution < 1.29 is 5.11 Å². The lowest BCUT2D eigenvalue weighted by Gasteiger charge is -2.53. The lowest BCUT2D eigenvalue weighted by molar-refractivity contribution is -0.123. The zero-order valence-corrected chi connectivity index (χ0v) is 10.0. The third-order valence-electron chi connectivity index (χ3n) is 2.87.